The summed E-state index contributed by atoms with van der Waals surface area (Å²) >= 11 is 5.93. The predicted molar refractivity (Wildman–Crippen MR) is 100 cm³/mol. The summed E-state index contributed by atoms with van der Waals surface area (Å²) in [6.07, 6.45) is 0.0882. The Hall–Kier alpha value is -2.66. The SMILES string of the molecule is CCC1=Nc2ccc(OC)cc2C1(CC(=O)O)C(=O)c1ccc(Cl)cc1. The van der Waals surface area contributed by atoms with Crippen molar-refractivity contribution in [2.45, 2.75) is 25.2 Å². The summed E-state index contributed by atoms with van der Waals surface area (Å²) in [5.74, 6) is -0.816. The van der Waals surface area contributed by atoms with Crippen LogP contribution in [0.1, 0.15) is 35.7 Å². The van der Waals surface area contributed by atoms with Crippen LogP contribution in [-0.2, 0) is 10.2 Å². The monoisotopic (exact) mass is 371 g/mol. The summed E-state index contributed by atoms with van der Waals surface area (Å²) in [5.41, 5.74) is 0.760. The second-order valence-corrected chi connectivity index (χ2v) is 6.54. The largest absolute Gasteiger partial charge is 0.497 e. The van der Waals surface area contributed by atoms with E-state index in [-0.39, 0.29) is 12.2 Å². The lowest BCUT2D eigenvalue weighted by Gasteiger charge is -2.29. The molecule has 6 heteroatoms. The molecule has 2 aromatic rings. The molecule has 0 fully saturated rings. The number of aliphatic carboxylic acids is 1. The Labute approximate surface area is 156 Å². The van der Waals surface area contributed by atoms with Gasteiger partial charge in [-0.15, -0.1) is 0 Å². The van der Waals surface area contributed by atoms with Gasteiger partial charge in [-0.3, -0.25) is 14.6 Å². The number of benzene rings is 2. The van der Waals surface area contributed by atoms with Gasteiger partial charge in [0.2, 0.25) is 0 Å². The van der Waals surface area contributed by atoms with Crippen molar-refractivity contribution >= 4 is 34.8 Å². The lowest BCUT2D eigenvalue weighted by molar-refractivity contribution is -0.137. The minimum Gasteiger partial charge on any atom is -0.497 e. The smallest absolute Gasteiger partial charge is 0.305 e. The standard InChI is InChI=1S/C20H18ClNO4/c1-3-17-20(11-18(23)24,19(25)12-4-6-13(21)7-5-12)15-10-14(26-2)8-9-16(15)22-17/h4-10H,3,11H2,1-2H3,(H,23,24). The van der Waals surface area contributed by atoms with Gasteiger partial charge in [-0.2, -0.15) is 0 Å². The fourth-order valence-corrected chi connectivity index (χ4v) is 3.59. The van der Waals surface area contributed by atoms with Gasteiger partial charge in [-0.1, -0.05) is 18.5 Å². The molecule has 0 saturated carbocycles. The van der Waals surface area contributed by atoms with Crippen molar-refractivity contribution in [2.24, 2.45) is 4.99 Å². The molecule has 26 heavy (non-hydrogen) atoms. The first-order valence-electron chi connectivity index (χ1n) is 8.21. The van der Waals surface area contributed by atoms with Gasteiger partial charge in [0, 0.05) is 21.9 Å². The average Bonchev–Trinajstić information content (AvgIpc) is 2.94. The number of aliphatic imine (C=N–C) groups is 1. The van der Waals surface area contributed by atoms with Gasteiger partial charge in [0.1, 0.15) is 11.2 Å². The van der Waals surface area contributed by atoms with E-state index < -0.39 is 11.4 Å². The number of carbonyl (C=O) groups is 2. The van der Waals surface area contributed by atoms with Crippen molar-refractivity contribution < 1.29 is 19.4 Å². The summed E-state index contributed by atoms with van der Waals surface area (Å²) in [7, 11) is 1.53. The van der Waals surface area contributed by atoms with Crippen LogP contribution in [0.5, 0.6) is 5.75 Å². The average molecular weight is 372 g/mol. The van der Waals surface area contributed by atoms with Crippen molar-refractivity contribution in [1.82, 2.24) is 0 Å². The molecule has 1 N–H and O–H groups in total. The molecule has 0 spiro atoms. The first kappa shape index (κ1) is 18.1. The Bertz CT molecular complexity index is 905. The number of ketones is 1. The van der Waals surface area contributed by atoms with Gasteiger partial charge in [-0.25, -0.2) is 0 Å². The molecule has 1 heterocycles. The van der Waals surface area contributed by atoms with Crippen LogP contribution in [0, 0.1) is 0 Å². The van der Waals surface area contributed by atoms with Crippen LogP contribution in [-0.4, -0.2) is 29.7 Å². The number of ether oxygens (including phenoxy) is 1. The first-order valence-corrected chi connectivity index (χ1v) is 8.59. The van der Waals surface area contributed by atoms with Crippen LogP contribution in [0.2, 0.25) is 5.02 Å². The van der Waals surface area contributed by atoms with Crippen molar-refractivity contribution in [3.05, 3.63) is 58.6 Å². The van der Waals surface area contributed by atoms with Crippen LogP contribution in [0.3, 0.4) is 0 Å². The number of halogens is 1. The molecular weight excluding hydrogens is 354 g/mol. The molecule has 0 amide bonds. The van der Waals surface area contributed by atoms with Gasteiger partial charge >= 0.3 is 5.97 Å². The maximum Gasteiger partial charge on any atom is 0.305 e. The van der Waals surface area contributed by atoms with E-state index in [0.29, 0.717) is 39.7 Å². The van der Waals surface area contributed by atoms with E-state index in [9.17, 15) is 14.7 Å². The normalized spacial score (nSPS) is 18.2. The second kappa shape index (κ2) is 6.92. The molecule has 0 saturated heterocycles. The molecular formula is C20H18ClNO4. The van der Waals surface area contributed by atoms with Crippen LogP contribution in [0.25, 0.3) is 0 Å². The van der Waals surface area contributed by atoms with Crippen LogP contribution >= 0.6 is 11.6 Å². The van der Waals surface area contributed by atoms with E-state index in [1.807, 2.05) is 6.92 Å². The Morgan fingerprint density at radius 1 is 1.19 bits per heavy atom. The molecule has 2 aromatic carbocycles. The maximum absolute atomic E-state index is 13.5. The fraction of sp³-hybridized carbons (Fsp3) is 0.250. The highest BCUT2D eigenvalue weighted by Crippen LogP contribution is 2.47. The zero-order valence-electron chi connectivity index (χ0n) is 14.5. The van der Waals surface area contributed by atoms with Gasteiger partial charge in [0.15, 0.2) is 5.78 Å². The molecule has 0 aliphatic carbocycles. The Morgan fingerprint density at radius 2 is 1.88 bits per heavy atom. The molecule has 5 nitrogen and oxygen atoms in total. The van der Waals surface area contributed by atoms with E-state index >= 15 is 0 Å². The number of nitrogens with zero attached hydrogens (tertiary/aromatic N) is 1. The quantitative estimate of drug-likeness (QED) is 0.761. The third-order valence-electron chi connectivity index (χ3n) is 4.66. The Morgan fingerprint density at radius 3 is 2.46 bits per heavy atom. The number of hydrogen-bond donors (Lipinski definition) is 1. The summed E-state index contributed by atoms with van der Waals surface area (Å²) in [6, 6.07) is 11.7. The topological polar surface area (TPSA) is 76.0 Å². The minimum atomic E-state index is -1.35. The lowest BCUT2D eigenvalue weighted by Crippen LogP contribution is -2.43. The lowest BCUT2D eigenvalue weighted by atomic mass is 9.69. The van der Waals surface area contributed by atoms with Crippen molar-refractivity contribution in [3.8, 4) is 5.75 Å². The van der Waals surface area contributed by atoms with E-state index in [1.54, 1.807) is 42.5 Å². The Balaban J connectivity index is 2.24. The molecule has 1 aliphatic heterocycles. The summed E-state index contributed by atoms with van der Waals surface area (Å²) in [4.78, 5) is 29.8. The highest BCUT2D eigenvalue weighted by molar-refractivity contribution is 6.31. The van der Waals surface area contributed by atoms with Gasteiger partial charge in [0.05, 0.1) is 19.2 Å². The van der Waals surface area contributed by atoms with Crippen molar-refractivity contribution in [1.29, 1.82) is 0 Å². The van der Waals surface area contributed by atoms with E-state index in [4.69, 9.17) is 16.3 Å². The summed E-state index contributed by atoms with van der Waals surface area (Å²) in [6.45, 7) is 1.87. The van der Waals surface area contributed by atoms with Crippen LogP contribution < -0.4 is 4.74 Å². The summed E-state index contributed by atoms with van der Waals surface area (Å²) in [5, 5.41) is 10.1. The number of hydrogen-bond acceptors (Lipinski definition) is 4. The second-order valence-electron chi connectivity index (χ2n) is 6.11. The molecule has 3 rings (SSSR count). The molecule has 0 radical (unpaired) electrons. The van der Waals surface area contributed by atoms with Gasteiger partial charge < -0.3 is 9.84 Å². The zero-order valence-corrected chi connectivity index (χ0v) is 15.2. The molecule has 1 atom stereocenters. The van der Waals surface area contributed by atoms with Crippen molar-refractivity contribution in [2.75, 3.05) is 7.11 Å². The maximum atomic E-state index is 13.5. The number of Topliss-reactive ketones (excluding diaryl/α,β-unsaturated/α-hetero) is 1. The highest BCUT2D eigenvalue weighted by atomic mass is 35.5. The molecule has 134 valence electrons. The first-order chi connectivity index (χ1) is 12.4. The number of carboxylic acids is 1. The van der Waals surface area contributed by atoms with Crippen LogP contribution in [0.4, 0.5) is 5.69 Å². The fourth-order valence-electron chi connectivity index (χ4n) is 3.46. The van der Waals surface area contributed by atoms with Crippen LogP contribution in [0.15, 0.2) is 47.5 Å². The minimum absolute atomic E-state index is 0.302. The van der Waals surface area contributed by atoms with Gasteiger partial charge in [-0.05, 0) is 48.9 Å². The molecule has 0 aromatic heterocycles. The number of carboxylic acid groups (broad SMARTS) is 1. The summed E-state index contributed by atoms with van der Waals surface area (Å²) < 4.78 is 5.28. The Kier molecular flexibility index (Phi) is 4.83. The molecule has 1 unspecified atom stereocenters. The molecule has 0 bridgehead atoms. The third kappa shape index (κ3) is 2.88. The third-order valence-corrected chi connectivity index (χ3v) is 4.91. The number of rotatable bonds is 6. The highest BCUT2D eigenvalue weighted by Gasteiger charge is 2.50. The number of methoxy groups -OCH3 is 1. The zero-order chi connectivity index (χ0) is 18.9. The van der Waals surface area contributed by atoms with E-state index in [0.717, 1.165) is 0 Å². The molecule has 1 aliphatic rings. The van der Waals surface area contributed by atoms with Crippen molar-refractivity contribution in [3.63, 3.8) is 0 Å². The van der Waals surface area contributed by atoms with E-state index in [2.05, 4.69) is 4.99 Å². The van der Waals surface area contributed by atoms with Gasteiger partial charge in [0.25, 0.3) is 0 Å². The number of fused-ring (bicyclic) bond motifs is 1. The number of carbonyl (C=O) groups excluding carboxylic acids is 1. The predicted octanol–water partition coefficient (Wildman–Crippen LogP) is 4.44. The van der Waals surface area contributed by atoms with E-state index in [1.165, 1.54) is 7.11 Å².